The van der Waals surface area contributed by atoms with E-state index in [2.05, 4.69) is 11.9 Å². The van der Waals surface area contributed by atoms with E-state index >= 15 is 0 Å². The number of likely N-dealkylation sites (N-methyl/N-ethyl adjacent to an activating group) is 1. The van der Waals surface area contributed by atoms with Crippen LogP contribution in [0.3, 0.4) is 0 Å². The molecular weight excluding hydrogens is 282 g/mol. The lowest BCUT2D eigenvalue weighted by Gasteiger charge is -2.17. The first kappa shape index (κ1) is 16.0. The monoisotopic (exact) mass is 304 g/mol. The summed E-state index contributed by atoms with van der Waals surface area (Å²) in [5, 5.41) is 2.63. The first-order valence-electron chi connectivity index (χ1n) is 7.32. The average molecular weight is 304 g/mol. The fraction of sp³-hybridized carbons (Fsp3) is 0.375. The molecule has 1 fully saturated rings. The van der Waals surface area contributed by atoms with Gasteiger partial charge in [-0.15, -0.1) is 0 Å². The second kappa shape index (κ2) is 7.61. The summed E-state index contributed by atoms with van der Waals surface area (Å²) in [5.74, 6) is 0.657. The number of hydrogen-bond donors (Lipinski definition) is 2. The Morgan fingerprint density at radius 1 is 1.45 bits per heavy atom. The van der Waals surface area contributed by atoms with Crippen LogP contribution in [-0.4, -0.2) is 50.1 Å². The number of rotatable bonds is 7. The Labute approximate surface area is 130 Å². The molecule has 0 aliphatic carbocycles. The fourth-order valence-corrected chi connectivity index (χ4v) is 2.33. The molecule has 0 bridgehead atoms. The van der Waals surface area contributed by atoms with Crippen LogP contribution >= 0.6 is 0 Å². The van der Waals surface area contributed by atoms with E-state index in [-0.39, 0.29) is 11.9 Å². The molecule has 1 aliphatic rings. The number of quaternary nitrogens is 1. The minimum absolute atomic E-state index is 0.140. The van der Waals surface area contributed by atoms with Crippen LogP contribution in [0.5, 0.6) is 5.75 Å². The van der Waals surface area contributed by atoms with Crippen molar-refractivity contribution in [3.63, 3.8) is 0 Å². The summed E-state index contributed by atoms with van der Waals surface area (Å²) in [6.45, 7) is 6.09. The summed E-state index contributed by atoms with van der Waals surface area (Å²) in [4.78, 5) is 25.8. The van der Waals surface area contributed by atoms with Gasteiger partial charge in [0.05, 0.1) is 7.05 Å². The highest BCUT2D eigenvalue weighted by molar-refractivity contribution is 5.96. The summed E-state index contributed by atoms with van der Waals surface area (Å²) in [7, 11) is 1.94. The summed E-state index contributed by atoms with van der Waals surface area (Å²) >= 11 is 0. The molecule has 1 heterocycles. The average Bonchev–Trinajstić information content (AvgIpc) is 2.92. The number of nitrogens with zero attached hydrogens (tertiary/aromatic N) is 1. The molecule has 1 aromatic carbocycles. The molecule has 0 saturated carbocycles. The number of nitrogens with one attached hydrogen (secondary N) is 2. The normalized spacial score (nSPS) is 15.3. The topological polar surface area (TPSA) is 63.1 Å². The van der Waals surface area contributed by atoms with E-state index in [1.165, 1.54) is 4.90 Å². The van der Waals surface area contributed by atoms with E-state index in [4.69, 9.17) is 4.74 Å². The molecule has 1 atom stereocenters. The van der Waals surface area contributed by atoms with Gasteiger partial charge in [-0.2, -0.15) is 0 Å². The van der Waals surface area contributed by atoms with Crippen molar-refractivity contribution in [1.29, 1.82) is 0 Å². The molecule has 1 saturated heterocycles. The van der Waals surface area contributed by atoms with Crippen molar-refractivity contribution in [2.75, 3.05) is 33.3 Å². The van der Waals surface area contributed by atoms with Crippen LogP contribution in [0.4, 0.5) is 4.79 Å². The number of urea groups is 1. The van der Waals surface area contributed by atoms with E-state index in [0.717, 1.165) is 16.2 Å². The first-order valence-corrected chi connectivity index (χ1v) is 7.32. The molecule has 0 spiro atoms. The van der Waals surface area contributed by atoms with Crippen molar-refractivity contribution in [3.05, 3.63) is 42.5 Å². The molecule has 1 aromatic rings. The molecule has 0 radical (unpaired) electrons. The maximum Gasteiger partial charge on any atom is 0.324 e. The number of ether oxygens (including phenoxy) is 1. The SMILES string of the molecule is C=CCOc1ccc(C[NH+](C)CC(=O)N2CCNC2=O)cc1. The number of amides is 3. The zero-order valence-electron chi connectivity index (χ0n) is 12.8. The molecule has 1 aliphatic heterocycles. The number of carbonyl (C=O) groups is 2. The summed E-state index contributed by atoms with van der Waals surface area (Å²) < 4.78 is 5.43. The third kappa shape index (κ3) is 4.33. The number of benzene rings is 1. The Hall–Kier alpha value is -2.34. The maximum atomic E-state index is 12.0. The maximum absolute atomic E-state index is 12.0. The largest absolute Gasteiger partial charge is 0.490 e. The highest BCUT2D eigenvalue weighted by Gasteiger charge is 2.27. The van der Waals surface area contributed by atoms with E-state index in [1.807, 2.05) is 31.3 Å². The zero-order valence-corrected chi connectivity index (χ0v) is 12.8. The van der Waals surface area contributed by atoms with Crippen molar-refractivity contribution in [2.45, 2.75) is 6.54 Å². The zero-order chi connectivity index (χ0) is 15.9. The standard InChI is InChI=1S/C16H21N3O3/c1-3-10-22-14-6-4-13(5-7-14)11-18(2)12-15(20)19-9-8-17-16(19)21/h3-7H,1,8-12H2,2H3,(H,17,21)/p+1. The van der Waals surface area contributed by atoms with E-state index in [0.29, 0.717) is 32.8 Å². The van der Waals surface area contributed by atoms with Crippen LogP contribution in [0, 0.1) is 0 Å². The smallest absolute Gasteiger partial charge is 0.324 e. The minimum atomic E-state index is -0.290. The number of imide groups is 1. The minimum Gasteiger partial charge on any atom is -0.490 e. The molecule has 118 valence electrons. The van der Waals surface area contributed by atoms with Crippen molar-refractivity contribution in [1.82, 2.24) is 10.2 Å². The van der Waals surface area contributed by atoms with Crippen LogP contribution in [0.25, 0.3) is 0 Å². The van der Waals surface area contributed by atoms with Gasteiger partial charge in [-0.3, -0.25) is 9.69 Å². The van der Waals surface area contributed by atoms with Gasteiger partial charge in [0, 0.05) is 18.7 Å². The van der Waals surface area contributed by atoms with E-state index in [9.17, 15) is 9.59 Å². The molecular formula is C16H22N3O3+. The first-order chi connectivity index (χ1) is 10.6. The Balaban J connectivity index is 1.83. The highest BCUT2D eigenvalue weighted by atomic mass is 16.5. The predicted octanol–water partition coefficient (Wildman–Crippen LogP) is -0.182. The number of hydrogen-bond acceptors (Lipinski definition) is 3. The van der Waals surface area contributed by atoms with E-state index < -0.39 is 0 Å². The van der Waals surface area contributed by atoms with Gasteiger partial charge in [-0.25, -0.2) is 4.79 Å². The lowest BCUT2D eigenvalue weighted by molar-refractivity contribution is -0.885. The number of carbonyl (C=O) groups excluding carboxylic acids is 2. The molecule has 1 unspecified atom stereocenters. The van der Waals surface area contributed by atoms with Crippen molar-refractivity contribution in [3.8, 4) is 5.75 Å². The molecule has 6 nitrogen and oxygen atoms in total. The summed E-state index contributed by atoms with van der Waals surface area (Å²) in [6, 6.07) is 7.48. The molecule has 22 heavy (non-hydrogen) atoms. The van der Waals surface area contributed by atoms with E-state index in [1.54, 1.807) is 6.08 Å². The third-order valence-corrected chi connectivity index (χ3v) is 3.41. The van der Waals surface area contributed by atoms with Gasteiger partial charge in [0.25, 0.3) is 5.91 Å². The summed E-state index contributed by atoms with van der Waals surface area (Å²) in [6.07, 6.45) is 1.70. The van der Waals surface area contributed by atoms with Crippen LogP contribution in [0.15, 0.2) is 36.9 Å². The molecule has 3 amide bonds. The lowest BCUT2D eigenvalue weighted by Crippen LogP contribution is -3.08. The van der Waals surface area contributed by atoms with Gasteiger partial charge in [-0.1, -0.05) is 12.7 Å². The van der Waals surface area contributed by atoms with Crippen molar-refractivity contribution in [2.24, 2.45) is 0 Å². The second-order valence-corrected chi connectivity index (χ2v) is 5.33. The third-order valence-electron chi connectivity index (χ3n) is 3.41. The second-order valence-electron chi connectivity index (χ2n) is 5.33. The predicted molar refractivity (Wildman–Crippen MR) is 82.7 cm³/mol. The quantitative estimate of drug-likeness (QED) is 0.687. The van der Waals surface area contributed by atoms with Gasteiger partial charge in [-0.05, 0) is 24.3 Å². The van der Waals surface area contributed by atoms with Gasteiger partial charge < -0.3 is 15.0 Å². The fourth-order valence-electron chi connectivity index (χ4n) is 2.33. The molecule has 2 rings (SSSR count). The highest BCUT2D eigenvalue weighted by Crippen LogP contribution is 2.11. The Morgan fingerprint density at radius 2 is 2.18 bits per heavy atom. The van der Waals surface area contributed by atoms with Crippen molar-refractivity contribution >= 4 is 11.9 Å². The lowest BCUT2D eigenvalue weighted by atomic mass is 10.2. The van der Waals surface area contributed by atoms with Crippen LogP contribution in [-0.2, 0) is 11.3 Å². The Morgan fingerprint density at radius 3 is 2.77 bits per heavy atom. The molecule has 2 N–H and O–H groups in total. The van der Waals surface area contributed by atoms with Crippen LogP contribution in [0.1, 0.15) is 5.56 Å². The van der Waals surface area contributed by atoms with Gasteiger partial charge in [0.15, 0.2) is 6.54 Å². The van der Waals surface area contributed by atoms with Gasteiger partial charge in [0.1, 0.15) is 18.9 Å². The van der Waals surface area contributed by atoms with Crippen LogP contribution in [0.2, 0.25) is 0 Å². The van der Waals surface area contributed by atoms with Crippen molar-refractivity contribution < 1.29 is 19.2 Å². The van der Waals surface area contributed by atoms with Gasteiger partial charge >= 0.3 is 6.03 Å². The van der Waals surface area contributed by atoms with Crippen LogP contribution < -0.4 is 15.0 Å². The summed E-state index contributed by atoms with van der Waals surface area (Å²) in [5.41, 5.74) is 1.11. The Bertz CT molecular complexity index is 542. The van der Waals surface area contributed by atoms with Gasteiger partial charge in [0.2, 0.25) is 0 Å². The Kier molecular flexibility index (Phi) is 5.55. The molecule has 0 aromatic heterocycles. The molecule has 6 heteroatoms.